The fraction of sp³-hybridized carbons (Fsp3) is 1.00. The molecule has 0 saturated heterocycles. The van der Waals surface area contributed by atoms with E-state index in [1.165, 1.54) is 44.9 Å². The SMILES string of the molecule is CCCCCCCCCCO.O=S(=O)(O)O.[KH]. The van der Waals surface area contributed by atoms with Gasteiger partial charge in [-0.3, -0.25) is 9.11 Å². The second-order valence-electron chi connectivity index (χ2n) is 3.65. The molecule has 0 rings (SSSR count). The summed E-state index contributed by atoms with van der Waals surface area (Å²) >= 11 is 0. The van der Waals surface area contributed by atoms with E-state index in [2.05, 4.69) is 6.92 Å². The Hall–Kier alpha value is 1.47. The van der Waals surface area contributed by atoms with Gasteiger partial charge in [0.05, 0.1) is 0 Å². The van der Waals surface area contributed by atoms with Crippen LogP contribution in [-0.4, -0.2) is 80.6 Å². The maximum absolute atomic E-state index is 8.74. The first-order valence-corrected chi connectivity index (χ1v) is 7.12. The Bertz CT molecular complexity index is 203. The van der Waals surface area contributed by atoms with Crippen LogP contribution in [-0.2, 0) is 10.4 Å². The van der Waals surface area contributed by atoms with E-state index in [-0.39, 0.29) is 51.4 Å². The molecule has 0 spiro atoms. The van der Waals surface area contributed by atoms with Crippen molar-refractivity contribution in [2.24, 2.45) is 0 Å². The van der Waals surface area contributed by atoms with Gasteiger partial charge in [-0.15, -0.1) is 0 Å². The zero-order valence-corrected chi connectivity index (χ0v) is 10.7. The molecule has 0 amide bonds. The molecular weight excluding hydrogens is 271 g/mol. The standard InChI is InChI=1S/C10H22O.K.H2O4S.H/c1-2-3-4-5-6-7-8-9-10-11;;1-5(2,3)4;/h11H,2-10H2,1H3;;(H2,1,2,3,4);. The van der Waals surface area contributed by atoms with E-state index >= 15 is 0 Å². The van der Waals surface area contributed by atoms with Crippen LogP contribution in [0.5, 0.6) is 0 Å². The molecule has 0 aliphatic rings. The van der Waals surface area contributed by atoms with Crippen LogP contribution in [0.25, 0.3) is 0 Å². The summed E-state index contributed by atoms with van der Waals surface area (Å²) in [6.07, 6.45) is 10.4. The number of hydrogen-bond donors (Lipinski definition) is 3. The van der Waals surface area contributed by atoms with Crippen LogP contribution in [0.2, 0.25) is 0 Å². The molecule has 0 aromatic heterocycles. The molecule has 17 heavy (non-hydrogen) atoms. The van der Waals surface area contributed by atoms with Crippen molar-refractivity contribution in [3.8, 4) is 0 Å². The summed E-state index contributed by atoms with van der Waals surface area (Å²) in [6.45, 7) is 2.61. The fourth-order valence-electron chi connectivity index (χ4n) is 1.25. The Morgan fingerprint density at radius 2 is 1.12 bits per heavy atom. The van der Waals surface area contributed by atoms with Crippen molar-refractivity contribution in [3.63, 3.8) is 0 Å². The van der Waals surface area contributed by atoms with Crippen molar-refractivity contribution in [1.29, 1.82) is 0 Å². The molecule has 0 bridgehead atoms. The predicted octanol–water partition coefficient (Wildman–Crippen LogP) is 1.82. The van der Waals surface area contributed by atoms with Gasteiger partial charge in [-0.1, -0.05) is 51.9 Å². The Morgan fingerprint density at radius 1 is 0.824 bits per heavy atom. The molecule has 5 nitrogen and oxygen atoms in total. The molecule has 0 atom stereocenters. The molecule has 0 unspecified atom stereocenters. The van der Waals surface area contributed by atoms with Gasteiger partial charge in [0.25, 0.3) is 0 Å². The molecule has 0 radical (unpaired) electrons. The summed E-state index contributed by atoms with van der Waals surface area (Å²) in [4.78, 5) is 0. The Morgan fingerprint density at radius 3 is 1.41 bits per heavy atom. The topological polar surface area (TPSA) is 94.8 Å². The molecule has 7 heteroatoms. The van der Waals surface area contributed by atoms with Crippen molar-refractivity contribution in [3.05, 3.63) is 0 Å². The maximum atomic E-state index is 8.74. The molecule has 0 aromatic rings. The van der Waals surface area contributed by atoms with Crippen molar-refractivity contribution in [2.45, 2.75) is 58.3 Å². The van der Waals surface area contributed by atoms with Crippen LogP contribution < -0.4 is 0 Å². The van der Waals surface area contributed by atoms with Crippen LogP contribution in [0.15, 0.2) is 0 Å². The minimum absolute atomic E-state index is 0. The molecule has 0 aliphatic carbocycles. The number of aliphatic hydroxyl groups excluding tert-OH is 1. The number of unbranched alkanes of at least 4 members (excludes halogenated alkanes) is 7. The first-order valence-electron chi connectivity index (χ1n) is 5.72. The number of rotatable bonds is 8. The van der Waals surface area contributed by atoms with E-state index < -0.39 is 10.4 Å². The summed E-state index contributed by atoms with van der Waals surface area (Å²) in [5.74, 6) is 0. The second-order valence-corrected chi connectivity index (χ2v) is 4.54. The van der Waals surface area contributed by atoms with Crippen LogP contribution in [0.1, 0.15) is 58.3 Å². The van der Waals surface area contributed by atoms with Crippen LogP contribution >= 0.6 is 0 Å². The van der Waals surface area contributed by atoms with Gasteiger partial charge >= 0.3 is 61.8 Å². The van der Waals surface area contributed by atoms with Crippen LogP contribution in [0.4, 0.5) is 0 Å². The molecule has 0 aromatic carbocycles. The minimum atomic E-state index is -4.67. The third kappa shape index (κ3) is 46.6. The van der Waals surface area contributed by atoms with Gasteiger partial charge in [0.15, 0.2) is 0 Å². The average molecular weight is 296 g/mol. The van der Waals surface area contributed by atoms with Gasteiger partial charge < -0.3 is 5.11 Å². The van der Waals surface area contributed by atoms with E-state index in [9.17, 15) is 0 Å². The van der Waals surface area contributed by atoms with Gasteiger partial charge in [0.1, 0.15) is 0 Å². The first kappa shape index (κ1) is 23.6. The van der Waals surface area contributed by atoms with Crippen molar-refractivity contribution < 1.29 is 22.6 Å². The Labute approximate surface area is 147 Å². The van der Waals surface area contributed by atoms with Gasteiger partial charge in [0.2, 0.25) is 0 Å². The molecule has 0 heterocycles. The summed E-state index contributed by atoms with van der Waals surface area (Å²) in [5.41, 5.74) is 0. The number of aliphatic hydroxyl groups is 1. The van der Waals surface area contributed by atoms with Crippen molar-refractivity contribution in [2.75, 3.05) is 6.61 Å². The fourth-order valence-corrected chi connectivity index (χ4v) is 1.25. The van der Waals surface area contributed by atoms with Gasteiger partial charge in [-0.05, 0) is 6.42 Å². The third-order valence-electron chi connectivity index (χ3n) is 2.01. The van der Waals surface area contributed by atoms with E-state index in [1.54, 1.807) is 0 Å². The summed E-state index contributed by atoms with van der Waals surface area (Å²) in [7, 11) is -4.67. The van der Waals surface area contributed by atoms with E-state index in [0.717, 1.165) is 6.42 Å². The van der Waals surface area contributed by atoms with Crippen molar-refractivity contribution >= 4 is 61.8 Å². The quantitative estimate of drug-likeness (QED) is 0.361. The van der Waals surface area contributed by atoms with Crippen LogP contribution in [0, 0.1) is 0 Å². The zero-order chi connectivity index (χ0) is 12.9. The number of hydrogen-bond acceptors (Lipinski definition) is 3. The predicted molar refractivity (Wildman–Crippen MR) is 71.0 cm³/mol. The monoisotopic (exact) mass is 296 g/mol. The normalized spacial score (nSPS) is 10.1. The van der Waals surface area contributed by atoms with Crippen molar-refractivity contribution in [1.82, 2.24) is 0 Å². The van der Waals surface area contributed by atoms with E-state index in [1.807, 2.05) is 0 Å². The summed E-state index contributed by atoms with van der Waals surface area (Å²) < 4.78 is 31.6. The third-order valence-corrected chi connectivity index (χ3v) is 2.01. The molecular formula is C10H25KO5S. The Balaban J connectivity index is -0.000000280. The van der Waals surface area contributed by atoms with Crippen LogP contribution in [0.3, 0.4) is 0 Å². The molecule has 0 fully saturated rings. The van der Waals surface area contributed by atoms with E-state index in [0.29, 0.717) is 6.61 Å². The summed E-state index contributed by atoms with van der Waals surface area (Å²) in [6, 6.07) is 0. The van der Waals surface area contributed by atoms with Gasteiger partial charge in [-0.2, -0.15) is 8.42 Å². The van der Waals surface area contributed by atoms with Gasteiger partial charge in [-0.25, -0.2) is 0 Å². The molecule has 102 valence electrons. The van der Waals surface area contributed by atoms with E-state index in [4.69, 9.17) is 22.6 Å². The second kappa shape index (κ2) is 17.5. The molecule has 3 N–H and O–H groups in total. The first-order chi connectivity index (χ1) is 7.41. The summed E-state index contributed by atoms with van der Waals surface area (Å²) in [5, 5.41) is 8.51. The van der Waals surface area contributed by atoms with Gasteiger partial charge in [0, 0.05) is 6.61 Å². The Kier molecular flexibility index (Phi) is 24.2. The average Bonchev–Trinajstić information content (AvgIpc) is 2.14. The zero-order valence-electron chi connectivity index (χ0n) is 9.93. The molecule has 0 aliphatic heterocycles. The molecule has 0 saturated carbocycles.